The zero-order valence-corrected chi connectivity index (χ0v) is 18.7. The highest BCUT2D eigenvalue weighted by Gasteiger charge is 2.29. The molecule has 2 aromatic rings. The number of carbonyl (C=O) groups excluding carboxylic acids is 1. The van der Waals surface area contributed by atoms with Gasteiger partial charge in [0, 0.05) is 26.2 Å². The van der Waals surface area contributed by atoms with Gasteiger partial charge in [-0.05, 0) is 35.6 Å². The quantitative estimate of drug-likeness (QED) is 0.677. The molecule has 3 rings (SSSR count). The number of hydrogen-bond acceptors (Lipinski definition) is 4. The van der Waals surface area contributed by atoms with Gasteiger partial charge in [-0.25, -0.2) is 8.42 Å². The van der Waals surface area contributed by atoms with Crippen LogP contribution >= 0.6 is 0 Å². The summed E-state index contributed by atoms with van der Waals surface area (Å²) < 4.78 is 32.7. The van der Waals surface area contributed by atoms with Crippen LogP contribution in [0.15, 0.2) is 48.5 Å². The van der Waals surface area contributed by atoms with E-state index in [9.17, 15) is 13.2 Å². The number of amides is 1. The molecule has 0 aliphatic carbocycles. The largest absolute Gasteiger partial charge is 0.483 e. The number of aryl methyl sites for hydroxylation is 1. The van der Waals surface area contributed by atoms with Crippen molar-refractivity contribution in [3.63, 3.8) is 0 Å². The SMILES string of the molecule is Cc1ccc(C(C)C)c(OCC(=O)N2CCN(S(=O)(=O)Cc3ccccc3)CC2)c1. The third-order valence-electron chi connectivity index (χ3n) is 5.32. The first-order chi connectivity index (χ1) is 14.3. The lowest BCUT2D eigenvalue weighted by atomic mass is 10.0. The molecule has 0 atom stereocenters. The van der Waals surface area contributed by atoms with Crippen LogP contribution < -0.4 is 4.74 Å². The van der Waals surface area contributed by atoms with Gasteiger partial charge in [0.05, 0.1) is 5.75 Å². The summed E-state index contributed by atoms with van der Waals surface area (Å²) >= 11 is 0. The number of ether oxygens (including phenoxy) is 1. The van der Waals surface area contributed by atoms with Crippen molar-refractivity contribution in [3.05, 3.63) is 65.2 Å². The number of piperazine rings is 1. The highest BCUT2D eigenvalue weighted by Crippen LogP contribution is 2.27. The van der Waals surface area contributed by atoms with Gasteiger partial charge >= 0.3 is 0 Å². The van der Waals surface area contributed by atoms with Crippen molar-refractivity contribution in [2.24, 2.45) is 0 Å². The van der Waals surface area contributed by atoms with Crippen LogP contribution in [0.1, 0.15) is 36.5 Å². The molecule has 6 nitrogen and oxygen atoms in total. The zero-order chi connectivity index (χ0) is 21.7. The van der Waals surface area contributed by atoms with Crippen molar-refractivity contribution in [1.29, 1.82) is 0 Å². The second kappa shape index (κ2) is 9.62. The molecule has 162 valence electrons. The number of hydrogen-bond donors (Lipinski definition) is 0. The van der Waals surface area contributed by atoms with Crippen LogP contribution in [-0.2, 0) is 20.6 Å². The van der Waals surface area contributed by atoms with Gasteiger partial charge < -0.3 is 9.64 Å². The van der Waals surface area contributed by atoms with E-state index in [1.54, 1.807) is 4.90 Å². The Morgan fingerprint density at radius 3 is 2.33 bits per heavy atom. The van der Waals surface area contributed by atoms with E-state index in [1.807, 2.05) is 55.5 Å². The van der Waals surface area contributed by atoms with Gasteiger partial charge in [0.1, 0.15) is 5.75 Å². The molecule has 1 fully saturated rings. The third kappa shape index (κ3) is 5.61. The van der Waals surface area contributed by atoms with Crippen LogP contribution in [0.4, 0.5) is 0 Å². The molecule has 1 aliphatic rings. The van der Waals surface area contributed by atoms with Crippen LogP contribution in [0, 0.1) is 6.92 Å². The van der Waals surface area contributed by atoms with E-state index in [2.05, 4.69) is 13.8 Å². The maximum atomic E-state index is 12.7. The van der Waals surface area contributed by atoms with Gasteiger partial charge in [0.25, 0.3) is 5.91 Å². The molecule has 1 aliphatic heterocycles. The Kier molecular flexibility index (Phi) is 7.15. The zero-order valence-electron chi connectivity index (χ0n) is 17.9. The van der Waals surface area contributed by atoms with E-state index in [4.69, 9.17) is 4.74 Å². The van der Waals surface area contributed by atoms with E-state index >= 15 is 0 Å². The average Bonchev–Trinajstić information content (AvgIpc) is 2.72. The number of carbonyl (C=O) groups is 1. The first-order valence-corrected chi connectivity index (χ1v) is 11.9. The Bertz CT molecular complexity index is 966. The van der Waals surface area contributed by atoms with Gasteiger partial charge in [-0.1, -0.05) is 56.3 Å². The Labute approximate surface area is 179 Å². The summed E-state index contributed by atoms with van der Waals surface area (Å²) in [5.41, 5.74) is 2.92. The lowest BCUT2D eigenvalue weighted by Gasteiger charge is -2.34. The van der Waals surface area contributed by atoms with Gasteiger partial charge in [0.15, 0.2) is 6.61 Å². The minimum atomic E-state index is -3.40. The van der Waals surface area contributed by atoms with Gasteiger partial charge in [0.2, 0.25) is 10.0 Å². The summed E-state index contributed by atoms with van der Waals surface area (Å²) in [7, 11) is -3.40. The van der Waals surface area contributed by atoms with Crippen molar-refractivity contribution in [2.75, 3.05) is 32.8 Å². The van der Waals surface area contributed by atoms with Crippen molar-refractivity contribution >= 4 is 15.9 Å². The summed E-state index contributed by atoms with van der Waals surface area (Å²) in [5.74, 6) is 0.902. The van der Waals surface area contributed by atoms with Crippen molar-refractivity contribution in [2.45, 2.75) is 32.4 Å². The molecule has 0 radical (unpaired) electrons. The summed E-state index contributed by atoms with van der Waals surface area (Å²) in [6, 6.07) is 15.2. The number of sulfonamides is 1. The molecule has 7 heteroatoms. The second-order valence-electron chi connectivity index (χ2n) is 8.01. The minimum absolute atomic E-state index is 0.0176. The Morgan fingerprint density at radius 2 is 1.70 bits per heavy atom. The standard InChI is InChI=1S/C23H30N2O4S/c1-18(2)21-10-9-19(3)15-22(21)29-16-23(26)24-11-13-25(14-12-24)30(27,28)17-20-7-5-4-6-8-20/h4-10,15,18H,11-14,16-17H2,1-3H3. The molecular weight excluding hydrogens is 400 g/mol. The lowest BCUT2D eigenvalue weighted by Crippen LogP contribution is -2.51. The predicted octanol–water partition coefficient (Wildman–Crippen LogP) is 3.17. The predicted molar refractivity (Wildman–Crippen MR) is 118 cm³/mol. The van der Waals surface area contributed by atoms with Gasteiger partial charge in [-0.15, -0.1) is 0 Å². The van der Waals surface area contributed by atoms with Crippen molar-refractivity contribution in [1.82, 2.24) is 9.21 Å². The molecular formula is C23H30N2O4S. The highest BCUT2D eigenvalue weighted by atomic mass is 32.2. The van der Waals surface area contributed by atoms with Crippen molar-refractivity contribution < 1.29 is 17.9 Å². The van der Waals surface area contributed by atoms with E-state index < -0.39 is 10.0 Å². The van der Waals surface area contributed by atoms with Crippen LogP contribution in [0.5, 0.6) is 5.75 Å². The van der Waals surface area contributed by atoms with Crippen LogP contribution in [0.25, 0.3) is 0 Å². The topological polar surface area (TPSA) is 66.9 Å². The highest BCUT2D eigenvalue weighted by molar-refractivity contribution is 7.88. The van der Waals surface area contributed by atoms with Crippen LogP contribution in [0.3, 0.4) is 0 Å². The molecule has 1 amide bonds. The smallest absolute Gasteiger partial charge is 0.260 e. The average molecular weight is 431 g/mol. The first-order valence-electron chi connectivity index (χ1n) is 10.3. The lowest BCUT2D eigenvalue weighted by molar-refractivity contribution is -0.134. The summed E-state index contributed by atoms with van der Waals surface area (Å²) in [5, 5.41) is 0. The fourth-order valence-electron chi connectivity index (χ4n) is 3.57. The molecule has 1 saturated heterocycles. The molecule has 30 heavy (non-hydrogen) atoms. The van der Waals surface area contributed by atoms with Crippen LogP contribution in [-0.4, -0.2) is 56.3 Å². The van der Waals surface area contributed by atoms with Crippen molar-refractivity contribution in [3.8, 4) is 5.75 Å². The monoisotopic (exact) mass is 430 g/mol. The molecule has 0 spiro atoms. The summed E-state index contributed by atoms with van der Waals surface area (Å²) in [6.07, 6.45) is 0. The Hall–Kier alpha value is -2.38. The Balaban J connectivity index is 1.54. The molecule has 0 bridgehead atoms. The Morgan fingerprint density at radius 1 is 1.03 bits per heavy atom. The van der Waals surface area contributed by atoms with E-state index in [-0.39, 0.29) is 18.3 Å². The van der Waals surface area contributed by atoms with Gasteiger partial charge in [-0.2, -0.15) is 4.31 Å². The molecule has 2 aromatic carbocycles. The maximum absolute atomic E-state index is 12.7. The molecule has 0 unspecified atom stereocenters. The summed E-state index contributed by atoms with van der Waals surface area (Å²) in [6.45, 7) is 7.50. The maximum Gasteiger partial charge on any atom is 0.260 e. The van der Waals surface area contributed by atoms with E-state index in [1.165, 1.54) is 4.31 Å². The first kappa shape index (κ1) is 22.3. The molecule has 0 saturated carbocycles. The fraction of sp³-hybridized carbons (Fsp3) is 0.435. The van der Waals surface area contributed by atoms with E-state index in [0.29, 0.717) is 32.1 Å². The normalized spacial score (nSPS) is 15.4. The van der Waals surface area contributed by atoms with Gasteiger partial charge in [-0.3, -0.25) is 4.79 Å². The molecule has 0 N–H and O–H groups in total. The van der Waals surface area contributed by atoms with Crippen LogP contribution in [0.2, 0.25) is 0 Å². The number of rotatable bonds is 7. The minimum Gasteiger partial charge on any atom is -0.483 e. The summed E-state index contributed by atoms with van der Waals surface area (Å²) in [4.78, 5) is 14.3. The molecule has 1 heterocycles. The third-order valence-corrected chi connectivity index (χ3v) is 7.17. The fourth-order valence-corrected chi connectivity index (χ4v) is 5.08. The second-order valence-corrected chi connectivity index (χ2v) is 9.98. The molecule has 0 aromatic heterocycles. The number of benzene rings is 2. The number of nitrogens with zero attached hydrogens (tertiary/aromatic N) is 2. The van der Waals surface area contributed by atoms with E-state index in [0.717, 1.165) is 22.4 Å².